The molecule has 1 aromatic heterocycles. The summed E-state index contributed by atoms with van der Waals surface area (Å²) < 4.78 is 32.2. The van der Waals surface area contributed by atoms with Gasteiger partial charge in [0.25, 0.3) is 0 Å². The fourth-order valence-corrected chi connectivity index (χ4v) is 6.46. The highest BCUT2D eigenvalue weighted by Crippen LogP contribution is 2.46. The first-order valence-corrected chi connectivity index (χ1v) is 12.2. The molecule has 1 N–H and O–H groups in total. The van der Waals surface area contributed by atoms with Crippen LogP contribution in [-0.4, -0.2) is 20.9 Å². The third kappa shape index (κ3) is 3.87. The zero-order chi connectivity index (χ0) is 21.3. The average molecular weight is 442 g/mol. The van der Waals surface area contributed by atoms with E-state index in [0.29, 0.717) is 12.3 Å². The fourth-order valence-electron chi connectivity index (χ4n) is 3.56. The Morgan fingerprint density at radius 3 is 2.67 bits per heavy atom. The van der Waals surface area contributed by atoms with E-state index < -0.39 is 9.84 Å². The van der Waals surface area contributed by atoms with Crippen LogP contribution in [0.15, 0.2) is 63.7 Å². The molecule has 0 saturated carbocycles. The molecular formula is C23H23NO4S2. The fraction of sp³-hybridized carbons (Fsp3) is 0.261. The van der Waals surface area contributed by atoms with Crippen LogP contribution in [0, 0.1) is 6.92 Å². The van der Waals surface area contributed by atoms with Crippen LogP contribution in [0.1, 0.15) is 41.7 Å². The van der Waals surface area contributed by atoms with Gasteiger partial charge >= 0.3 is 0 Å². The highest BCUT2D eigenvalue weighted by atomic mass is 32.2. The maximum absolute atomic E-state index is 13.2. The lowest BCUT2D eigenvalue weighted by molar-refractivity contribution is -0.116. The molecule has 5 nitrogen and oxygen atoms in total. The third-order valence-electron chi connectivity index (χ3n) is 5.11. The number of sulfone groups is 1. The molecule has 0 bridgehead atoms. The molecule has 0 saturated heterocycles. The summed E-state index contributed by atoms with van der Waals surface area (Å²) in [4.78, 5) is 13.7. The molecule has 0 radical (unpaired) electrons. The van der Waals surface area contributed by atoms with E-state index in [4.69, 9.17) is 4.74 Å². The number of fused-ring (bicyclic) bond motifs is 1. The SMILES string of the molecule is CCCOc1cccc([C@H]2CC(=O)Nc3c(S(=O)(=O)c4ccc(C)cc4)csc32)c1. The molecule has 1 amide bonds. The van der Waals surface area contributed by atoms with Crippen molar-refractivity contribution >= 4 is 32.8 Å². The van der Waals surface area contributed by atoms with Crippen molar-refractivity contribution in [3.8, 4) is 5.75 Å². The van der Waals surface area contributed by atoms with E-state index in [2.05, 4.69) is 5.32 Å². The Labute approximate surface area is 180 Å². The predicted octanol–water partition coefficient (Wildman–Crippen LogP) is 5.15. The van der Waals surface area contributed by atoms with Gasteiger partial charge in [0.2, 0.25) is 15.7 Å². The number of aryl methyl sites for hydroxylation is 1. The maximum atomic E-state index is 13.2. The lowest BCUT2D eigenvalue weighted by Crippen LogP contribution is -2.23. The van der Waals surface area contributed by atoms with Gasteiger partial charge in [-0.15, -0.1) is 11.3 Å². The van der Waals surface area contributed by atoms with Crippen molar-refractivity contribution in [2.24, 2.45) is 0 Å². The molecule has 0 aliphatic carbocycles. The monoisotopic (exact) mass is 441 g/mol. The quantitative estimate of drug-likeness (QED) is 0.574. The number of thiophene rings is 1. The number of carbonyl (C=O) groups is 1. The Morgan fingerprint density at radius 1 is 1.17 bits per heavy atom. The van der Waals surface area contributed by atoms with Gasteiger partial charge in [0.1, 0.15) is 10.6 Å². The Kier molecular flexibility index (Phi) is 5.66. The standard InChI is InChI=1S/C23H23NO4S2/c1-3-11-28-17-6-4-5-16(12-17)19-13-21(25)24-22-20(14-29-23(19)22)30(26,27)18-9-7-15(2)8-10-18/h4-10,12,14,19H,3,11,13H2,1-2H3,(H,24,25)/t19-/m1/s1. The molecule has 156 valence electrons. The molecule has 1 aliphatic rings. The molecule has 7 heteroatoms. The van der Waals surface area contributed by atoms with Crippen molar-refractivity contribution in [1.29, 1.82) is 0 Å². The highest BCUT2D eigenvalue weighted by molar-refractivity contribution is 7.91. The zero-order valence-corrected chi connectivity index (χ0v) is 18.5. The van der Waals surface area contributed by atoms with Crippen molar-refractivity contribution in [2.75, 3.05) is 11.9 Å². The molecule has 30 heavy (non-hydrogen) atoms. The summed E-state index contributed by atoms with van der Waals surface area (Å²) in [6.45, 7) is 4.58. The van der Waals surface area contributed by atoms with E-state index in [9.17, 15) is 13.2 Å². The van der Waals surface area contributed by atoms with Gasteiger partial charge in [-0.05, 0) is 43.2 Å². The number of carbonyl (C=O) groups excluding carboxylic acids is 1. The average Bonchev–Trinajstić information content (AvgIpc) is 3.16. The summed E-state index contributed by atoms with van der Waals surface area (Å²) in [6.07, 6.45) is 1.18. The van der Waals surface area contributed by atoms with Crippen LogP contribution in [0.5, 0.6) is 5.75 Å². The molecule has 0 spiro atoms. The summed E-state index contributed by atoms with van der Waals surface area (Å²) in [6, 6.07) is 14.5. The first-order chi connectivity index (χ1) is 14.4. The second kappa shape index (κ2) is 8.24. The van der Waals surface area contributed by atoms with Gasteiger partial charge in [-0.1, -0.05) is 36.8 Å². The normalized spacial score (nSPS) is 16.1. The van der Waals surface area contributed by atoms with Crippen molar-refractivity contribution < 1.29 is 17.9 Å². The Bertz CT molecular complexity index is 1180. The van der Waals surface area contributed by atoms with Crippen molar-refractivity contribution in [3.63, 3.8) is 0 Å². The van der Waals surface area contributed by atoms with Crippen LogP contribution >= 0.6 is 11.3 Å². The van der Waals surface area contributed by atoms with Crippen LogP contribution in [0.2, 0.25) is 0 Å². The second-order valence-corrected chi connectivity index (χ2v) is 10.2. The lowest BCUT2D eigenvalue weighted by atomic mass is 9.90. The minimum absolute atomic E-state index is 0.155. The Morgan fingerprint density at radius 2 is 1.93 bits per heavy atom. The van der Waals surface area contributed by atoms with Gasteiger partial charge in [-0.3, -0.25) is 4.79 Å². The Hall–Kier alpha value is -2.64. The van der Waals surface area contributed by atoms with E-state index >= 15 is 0 Å². The molecule has 1 atom stereocenters. The van der Waals surface area contributed by atoms with Gasteiger partial charge in [0, 0.05) is 22.6 Å². The number of hydrogen-bond donors (Lipinski definition) is 1. The molecule has 4 rings (SSSR count). The summed E-state index contributed by atoms with van der Waals surface area (Å²) in [5.41, 5.74) is 2.34. The summed E-state index contributed by atoms with van der Waals surface area (Å²) in [5.74, 6) is 0.364. The van der Waals surface area contributed by atoms with Gasteiger partial charge in [-0.2, -0.15) is 0 Å². The third-order valence-corrected chi connectivity index (χ3v) is 8.15. The van der Waals surface area contributed by atoms with Crippen molar-refractivity contribution in [2.45, 2.75) is 42.4 Å². The van der Waals surface area contributed by atoms with Crippen molar-refractivity contribution in [3.05, 3.63) is 69.9 Å². The van der Waals surface area contributed by atoms with Crippen LogP contribution < -0.4 is 10.1 Å². The Balaban J connectivity index is 1.75. The first kappa shape index (κ1) is 20.6. The number of amides is 1. The van der Waals surface area contributed by atoms with Crippen LogP contribution in [0.25, 0.3) is 0 Å². The van der Waals surface area contributed by atoms with Crippen LogP contribution in [0.4, 0.5) is 5.69 Å². The van der Waals surface area contributed by atoms with Gasteiger partial charge in [-0.25, -0.2) is 8.42 Å². The maximum Gasteiger partial charge on any atom is 0.225 e. The molecular weight excluding hydrogens is 418 g/mol. The molecule has 1 aliphatic heterocycles. The number of ether oxygens (including phenoxy) is 1. The van der Waals surface area contributed by atoms with Crippen LogP contribution in [0.3, 0.4) is 0 Å². The summed E-state index contributed by atoms with van der Waals surface area (Å²) in [5, 5.41) is 4.44. The lowest BCUT2D eigenvalue weighted by Gasteiger charge is -2.24. The first-order valence-electron chi connectivity index (χ1n) is 9.86. The summed E-state index contributed by atoms with van der Waals surface area (Å²) >= 11 is 1.37. The largest absolute Gasteiger partial charge is 0.494 e. The van der Waals surface area contributed by atoms with Gasteiger partial charge in [0.05, 0.1) is 17.2 Å². The smallest absolute Gasteiger partial charge is 0.225 e. The van der Waals surface area contributed by atoms with Gasteiger partial charge < -0.3 is 10.1 Å². The van der Waals surface area contributed by atoms with E-state index in [-0.39, 0.29) is 28.0 Å². The number of anilines is 1. The molecule has 2 heterocycles. The number of hydrogen-bond acceptors (Lipinski definition) is 5. The molecule has 0 fully saturated rings. The van der Waals surface area contributed by atoms with E-state index in [0.717, 1.165) is 28.2 Å². The zero-order valence-electron chi connectivity index (χ0n) is 16.8. The second-order valence-electron chi connectivity index (χ2n) is 7.38. The predicted molar refractivity (Wildman–Crippen MR) is 118 cm³/mol. The number of rotatable bonds is 6. The molecule has 0 unspecified atom stereocenters. The summed E-state index contributed by atoms with van der Waals surface area (Å²) in [7, 11) is -3.73. The molecule has 3 aromatic rings. The minimum Gasteiger partial charge on any atom is -0.494 e. The van der Waals surface area contributed by atoms with Crippen molar-refractivity contribution in [1.82, 2.24) is 0 Å². The minimum atomic E-state index is -3.73. The number of nitrogens with one attached hydrogen (secondary N) is 1. The van der Waals surface area contributed by atoms with Gasteiger partial charge in [0.15, 0.2) is 0 Å². The van der Waals surface area contributed by atoms with Crippen LogP contribution in [-0.2, 0) is 14.6 Å². The van der Waals surface area contributed by atoms with E-state index in [1.165, 1.54) is 11.3 Å². The topological polar surface area (TPSA) is 72.5 Å². The molecule has 2 aromatic carbocycles. The van der Waals surface area contributed by atoms with E-state index in [1.807, 2.05) is 38.1 Å². The van der Waals surface area contributed by atoms with E-state index in [1.54, 1.807) is 29.6 Å². The highest BCUT2D eigenvalue weighted by Gasteiger charge is 2.34. The number of benzene rings is 2.